The third-order valence-electron chi connectivity index (χ3n) is 3.94. The summed E-state index contributed by atoms with van der Waals surface area (Å²) in [5.41, 5.74) is 0.627. The van der Waals surface area contributed by atoms with E-state index in [1.807, 2.05) is 0 Å². The third-order valence-corrected chi connectivity index (χ3v) is 3.94. The summed E-state index contributed by atoms with van der Waals surface area (Å²) < 4.78 is 5.63. The normalized spacial score (nSPS) is 12.5. The minimum absolute atomic E-state index is 0.00667. The van der Waals surface area contributed by atoms with Gasteiger partial charge < -0.3 is 10.1 Å². The Bertz CT molecular complexity index is 530. The lowest BCUT2D eigenvalue weighted by atomic mass is 10.1. The number of hydrogen-bond acceptors (Lipinski definition) is 4. The van der Waals surface area contributed by atoms with Gasteiger partial charge in [0.2, 0.25) is 0 Å². The van der Waals surface area contributed by atoms with Gasteiger partial charge in [0.1, 0.15) is 5.75 Å². The van der Waals surface area contributed by atoms with Crippen LogP contribution in [0, 0.1) is 0 Å². The maximum atomic E-state index is 12.1. The van der Waals surface area contributed by atoms with E-state index in [-0.39, 0.29) is 11.7 Å². The molecule has 0 saturated carbocycles. The molecule has 0 radical (unpaired) electrons. The van der Waals surface area contributed by atoms with Crippen LogP contribution in [0.4, 0.5) is 0 Å². The number of hydrogen-bond donors (Lipinski definition) is 1. The minimum atomic E-state index is -0.584. The van der Waals surface area contributed by atoms with Gasteiger partial charge in [-0.3, -0.25) is 14.5 Å². The van der Waals surface area contributed by atoms with E-state index in [0.29, 0.717) is 29.9 Å². The Hall–Kier alpha value is -1.88. The van der Waals surface area contributed by atoms with E-state index >= 15 is 0 Å². The predicted octanol–water partition coefficient (Wildman–Crippen LogP) is 2.89. The largest absolute Gasteiger partial charge is 0.481 e. The summed E-state index contributed by atoms with van der Waals surface area (Å²) in [5.74, 6) is 0.443. The van der Waals surface area contributed by atoms with Gasteiger partial charge in [-0.2, -0.15) is 0 Å². The number of ketones is 1. The zero-order valence-corrected chi connectivity index (χ0v) is 15.6. The SMILES string of the molecule is CC(=O)c1ccc(O[C@@H](C)C(=O)NCCN(C(C)C)C(C)C)cc1. The standard InChI is InChI=1S/C19H30N2O3/c1-13(2)21(14(3)4)12-11-20-19(23)16(6)24-18-9-7-17(8-10-18)15(5)22/h7-10,13-14,16H,11-12H2,1-6H3,(H,20,23)/t16-/m0/s1. The maximum absolute atomic E-state index is 12.1. The Morgan fingerprint density at radius 1 is 1.04 bits per heavy atom. The van der Waals surface area contributed by atoms with Crippen LogP contribution in [0.15, 0.2) is 24.3 Å². The first-order chi connectivity index (χ1) is 11.2. The molecular weight excluding hydrogens is 304 g/mol. The number of nitrogens with one attached hydrogen (secondary N) is 1. The predicted molar refractivity (Wildman–Crippen MR) is 96.5 cm³/mol. The average molecular weight is 334 g/mol. The molecule has 5 heteroatoms. The lowest BCUT2D eigenvalue weighted by molar-refractivity contribution is -0.127. The van der Waals surface area contributed by atoms with Crippen molar-refractivity contribution in [1.82, 2.24) is 10.2 Å². The molecule has 24 heavy (non-hydrogen) atoms. The highest BCUT2D eigenvalue weighted by molar-refractivity contribution is 5.94. The molecule has 0 aliphatic heterocycles. The highest BCUT2D eigenvalue weighted by atomic mass is 16.5. The quantitative estimate of drug-likeness (QED) is 0.706. The van der Waals surface area contributed by atoms with Gasteiger partial charge in [-0.25, -0.2) is 0 Å². The number of carbonyl (C=O) groups is 2. The second kappa shape index (κ2) is 9.42. The first-order valence-electron chi connectivity index (χ1n) is 8.53. The molecular formula is C19H30N2O3. The van der Waals surface area contributed by atoms with Crippen molar-refractivity contribution in [2.75, 3.05) is 13.1 Å². The van der Waals surface area contributed by atoms with Crippen LogP contribution in [0.1, 0.15) is 51.9 Å². The highest BCUT2D eigenvalue weighted by Crippen LogP contribution is 2.14. The third kappa shape index (κ3) is 6.32. The molecule has 0 aliphatic carbocycles. The molecule has 0 spiro atoms. The molecule has 0 bridgehead atoms. The van der Waals surface area contributed by atoms with Crippen LogP contribution in [0.25, 0.3) is 0 Å². The molecule has 1 aromatic carbocycles. The van der Waals surface area contributed by atoms with Gasteiger partial charge in [-0.1, -0.05) is 0 Å². The van der Waals surface area contributed by atoms with E-state index < -0.39 is 6.10 Å². The fourth-order valence-corrected chi connectivity index (χ4v) is 2.59. The maximum Gasteiger partial charge on any atom is 0.260 e. The van der Waals surface area contributed by atoms with Crippen molar-refractivity contribution in [2.45, 2.75) is 59.7 Å². The Balaban J connectivity index is 2.46. The summed E-state index contributed by atoms with van der Waals surface area (Å²) in [6.07, 6.45) is -0.584. The average Bonchev–Trinajstić information content (AvgIpc) is 2.50. The summed E-state index contributed by atoms with van der Waals surface area (Å²) in [6, 6.07) is 7.70. The van der Waals surface area contributed by atoms with E-state index in [2.05, 4.69) is 37.9 Å². The number of Topliss-reactive ketones (excluding diaryl/α,β-unsaturated/α-hetero) is 1. The summed E-state index contributed by atoms with van der Waals surface area (Å²) in [7, 11) is 0. The van der Waals surface area contributed by atoms with Gasteiger partial charge in [-0.15, -0.1) is 0 Å². The van der Waals surface area contributed by atoms with Crippen molar-refractivity contribution in [3.63, 3.8) is 0 Å². The molecule has 1 atom stereocenters. The number of rotatable bonds is 9. The zero-order valence-electron chi connectivity index (χ0n) is 15.6. The number of ether oxygens (including phenoxy) is 1. The molecule has 0 aliphatic rings. The number of benzene rings is 1. The van der Waals surface area contributed by atoms with Crippen molar-refractivity contribution in [1.29, 1.82) is 0 Å². The van der Waals surface area contributed by atoms with Crippen LogP contribution < -0.4 is 10.1 Å². The number of nitrogens with zero attached hydrogens (tertiary/aromatic N) is 1. The molecule has 1 amide bonds. The summed E-state index contributed by atoms with van der Waals surface area (Å²) >= 11 is 0. The van der Waals surface area contributed by atoms with Gasteiger partial charge >= 0.3 is 0 Å². The van der Waals surface area contributed by atoms with Crippen molar-refractivity contribution in [2.24, 2.45) is 0 Å². The first-order valence-corrected chi connectivity index (χ1v) is 8.53. The van der Waals surface area contributed by atoms with E-state index in [0.717, 1.165) is 6.54 Å². The molecule has 0 unspecified atom stereocenters. The van der Waals surface area contributed by atoms with E-state index in [1.54, 1.807) is 31.2 Å². The molecule has 1 aromatic rings. The van der Waals surface area contributed by atoms with Crippen LogP contribution >= 0.6 is 0 Å². The summed E-state index contributed by atoms with van der Waals surface area (Å²) in [5, 5.41) is 2.91. The van der Waals surface area contributed by atoms with Crippen molar-refractivity contribution >= 4 is 11.7 Å². The van der Waals surface area contributed by atoms with Gasteiger partial charge in [0.05, 0.1) is 0 Å². The Morgan fingerprint density at radius 3 is 2.04 bits per heavy atom. The molecule has 134 valence electrons. The monoisotopic (exact) mass is 334 g/mol. The number of carbonyl (C=O) groups excluding carboxylic acids is 2. The molecule has 0 heterocycles. The molecule has 0 saturated heterocycles. The molecule has 5 nitrogen and oxygen atoms in total. The Morgan fingerprint density at radius 2 is 1.58 bits per heavy atom. The van der Waals surface area contributed by atoms with Gasteiger partial charge in [0.15, 0.2) is 11.9 Å². The Labute approximate surface area is 145 Å². The van der Waals surface area contributed by atoms with Crippen molar-refractivity contribution in [3.8, 4) is 5.75 Å². The van der Waals surface area contributed by atoms with Gasteiger partial charge in [0.25, 0.3) is 5.91 Å². The van der Waals surface area contributed by atoms with Crippen molar-refractivity contribution < 1.29 is 14.3 Å². The topological polar surface area (TPSA) is 58.6 Å². The molecule has 1 N–H and O–H groups in total. The lowest BCUT2D eigenvalue weighted by Gasteiger charge is -2.30. The van der Waals surface area contributed by atoms with E-state index in [1.165, 1.54) is 6.92 Å². The minimum Gasteiger partial charge on any atom is -0.481 e. The first kappa shape index (κ1) is 20.2. The second-order valence-corrected chi connectivity index (χ2v) is 6.56. The van der Waals surface area contributed by atoms with Gasteiger partial charge in [-0.05, 0) is 65.8 Å². The van der Waals surface area contributed by atoms with Crippen molar-refractivity contribution in [3.05, 3.63) is 29.8 Å². The summed E-state index contributed by atoms with van der Waals surface area (Å²) in [4.78, 5) is 25.7. The van der Waals surface area contributed by atoms with E-state index in [4.69, 9.17) is 4.74 Å². The van der Waals surface area contributed by atoms with Gasteiger partial charge in [0, 0.05) is 30.7 Å². The van der Waals surface area contributed by atoms with Crippen LogP contribution in [0.2, 0.25) is 0 Å². The zero-order chi connectivity index (χ0) is 18.3. The molecule has 1 rings (SSSR count). The fraction of sp³-hybridized carbons (Fsp3) is 0.579. The number of amides is 1. The Kier molecular flexibility index (Phi) is 7.92. The summed E-state index contributed by atoms with van der Waals surface area (Å²) in [6.45, 7) is 13.2. The fourth-order valence-electron chi connectivity index (χ4n) is 2.59. The lowest BCUT2D eigenvalue weighted by Crippen LogP contribution is -2.44. The molecule has 0 fully saturated rings. The van der Waals surface area contributed by atoms with E-state index in [9.17, 15) is 9.59 Å². The van der Waals surface area contributed by atoms with Crippen LogP contribution in [-0.2, 0) is 4.79 Å². The van der Waals surface area contributed by atoms with Crippen LogP contribution in [0.5, 0.6) is 5.75 Å². The highest BCUT2D eigenvalue weighted by Gasteiger charge is 2.17. The van der Waals surface area contributed by atoms with Crippen LogP contribution in [-0.4, -0.2) is 47.9 Å². The second-order valence-electron chi connectivity index (χ2n) is 6.56. The smallest absolute Gasteiger partial charge is 0.260 e. The molecule has 0 aromatic heterocycles. The van der Waals surface area contributed by atoms with Crippen LogP contribution in [0.3, 0.4) is 0 Å².